The summed E-state index contributed by atoms with van der Waals surface area (Å²) in [6, 6.07) is 6.09. The zero-order valence-electron chi connectivity index (χ0n) is 10.1. The van der Waals surface area contributed by atoms with Gasteiger partial charge in [-0.2, -0.15) is 0 Å². The molecule has 2 rings (SSSR count). The molecule has 0 unspecified atom stereocenters. The number of aromatic nitrogens is 3. The van der Waals surface area contributed by atoms with Crippen LogP contribution in [0.25, 0.3) is 5.69 Å². The van der Waals surface area contributed by atoms with E-state index in [9.17, 15) is 9.59 Å². The molecule has 0 saturated heterocycles. The Morgan fingerprint density at radius 1 is 1.42 bits per heavy atom. The second-order valence-corrected chi connectivity index (χ2v) is 3.74. The van der Waals surface area contributed by atoms with E-state index in [0.717, 1.165) is 0 Å². The van der Waals surface area contributed by atoms with Crippen LogP contribution in [-0.2, 0) is 11.3 Å². The van der Waals surface area contributed by atoms with Gasteiger partial charge in [-0.25, -0.2) is 9.48 Å². The fourth-order valence-electron chi connectivity index (χ4n) is 1.63. The Kier molecular flexibility index (Phi) is 3.67. The van der Waals surface area contributed by atoms with Crippen LogP contribution < -0.4 is 0 Å². The van der Waals surface area contributed by atoms with E-state index in [-0.39, 0.29) is 17.9 Å². The van der Waals surface area contributed by atoms with Gasteiger partial charge in [0.15, 0.2) is 12.0 Å². The van der Waals surface area contributed by atoms with E-state index in [1.807, 2.05) is 0 Å². The summed E-state index contributed by atoms with van der Waals surface area (Å²) in [6.07, 6.45) is 0.601. The predicted molar refractivity (Wildman–Crippen MR) is 64.4 cm³/mol. The molecule has 0 radical (unpaired) electrons. The Bertz CT molecular complexity index is 604. The molecule has 0 saturated carbocycles. The molecule has 2 aromatic rings. The molecule has 19 heavy (non-hydrogen) atoms. The molecule has 0 bridgehead atoms. The monoisotopic (exact) mass is 261 g/mol. The number of ether oxygens (including phenoxy) is 1. The molecule has 0 spiro atoms. The Hall–Kier alpha value is -2.54. The van der Waals surface area contributed by atoms with Crippen LogP contribution >= 0.6 is 0 Å². The van der Waals surface area contributed by atoms with Crippen LogP contribution in [0.3, 0.4) is 0 Å². The van der Waals surface area contributed by atoms with Gasteiger partial charge in [0.05, 0.1) is 17.9 Å². The van der Waals surface area contributed by atoms with E-state index in [4.69, 9.17) is 9.84 Å². The predicted octanol–water partition coefficient (Wildman–Crippen LogP) is 0.924. The van der Waals surface area contributed by atoms with Gasteiger partial charge in [-0.1, -0.05) is 5.21 Å². The van der Waals surface area contributed by atoms with E-state index >= 15 is 0 Å². The number of benzene rings is 1. The number of aldehydes is 1. The lowest BCUT2D eigenvalue weighted by Gasteiger charge is -2.06. The molecule has 1 heterocycles. The molecule has 7 heteroatoms. The van der Waals surface area contributed by atoms with E-state index in [0.29, 0.717) is 17.7 Å². The molecule has 98 valence electrons. The Morgan fingerprint density at radius 2 is 2.11 bits per heavy atom. The third-order valence-corrected chi connectivity index (χ3v) is 2.54. The zero-order chi connectivity index (χ0) is 13.8. The van der Waals surface area contributed by atoms with Crippen molar-refractivity contribution in [1.82, 2.24) is 15.0 Å². The first-order chi connectivity index (χ1) is 9.17. The maximum Gasteiger partial charge on any atom is 0.335 e. The quantitative estimate of drug-likeness (QED) is 0.804. The maximum atomic E-state index is 10.8. The summed E-state index contributed by atoms with van der Waals surface area (Å²) < 4.78 is 6.44. The number of methoxy groups -OCH3 is 1. The average Bonchev–Trinajstić information content (AvgIpc) is 2.82. The lowest BCUT2D eigenvalue weighted by Crippen LogP contribution is -2.05. The van der Waals surface area contributed by atoms with Crippen molar-refractivity contribution >= 4 is 12.3 Å². The normalized spacial score (nSPS) is 10.4. The fraction of sp³-hybridized carbons (Fsp3) is 0.167. The van der Waals surface area contributed by atoms with Gasteiger partial charge in [0.25, 0.3) is 0 Å². The van der Waals surface area contributed by atoms with E-state index in [1.54, 1.807) is 12.1 Å². The van der Waals surface area contributed by atoms with Gasteiger partial charge in [0, 0.05) is 7.11 Å². The minimum atomic E-state index is -1.00. The van der Waals surface area contributed by atoms with Gasteiger partial charge in [0.1, 0.15) is 5.69 Å². The Labute approximate surface area is 108 Å². The summed E-state index contributed by atoms with van der Waals surface area (Å²) in [4.78, 5) is 21.6. The van der Waals surface area contributed by atoms with E-state index < -0.39 is 5.97 Å². The molecule has 0 aliphatic carbocycles. The number of hydrogen-bond donors (Lipinski definition) is 1. The second kappa shape index (κ2) is 5.40. The highest BCUT2D eigenvalue weighted by Gasteiger charge is 2.13. The van der Waals surface area contributed by atoms with Gasteiger partial charge in [0.2, 0.25) is 0 Å². The highest BCUT2D eigenvalue weighted by molar-refractivity contribution is 5.87. The summed E-state index contributed by atoms with van der Waals surface area (Å²) in [5, 5.41) is 16.4. The average molecular weight is 261 g/mol. The number of nitrogens with zero attached hydrogens (tertiary/aromatic N) is 3. The molecule has 0 fully saturated rings. The van der Waals surface area contributed by atoms with Crippen molar-refractivity contribution < 1.29 is 19.4 Å². The maximum absolute atomic E-state index is 10.8. The van der Waals surface area contributed by atoms with Crippen molar-refractivity contribution in [3.05, 3.63) is 41.2 Å². The zero-order valence-corrected chi connectivity index (χ0v) is 10.1. The molecule has 1 aromatic heterocycles. The van der Waals surface area contributed by atoms with Crippen LogP contribution in [0.5, 0.6) is 0 Å². The van der Waals surface area contributed by atoms with Crippen molar-refractivity contribution in [1.29, 1.82) is 0 Å². The largest absolute Gasteiger partial charge is 0.478 e. The fourth-order valence-corrected chi connectivity index (χ4v) is 1.63. The topological polar surface area (TPSA) is 94.3 Å². The third kappa shape index (κ3) is 2.50. The van der Waals surface area contributed by atoms with Crippen LogP contribution in [0, 0.1) is 0 Å². The Morgan fingerprint density at radius 3 is 2.63 bits per heavy atom. The van der Waals surface area contributed by atoms with Crippen molar-refractivity contribution in [2.45, 2.75) is 6.61 Å². The van der Waals surface area contributed by atoms with Gasteiger partial charge >= 0.3 is 5.97 Å². The number of carboxylic acids is 1. The van der Waals surface area contributed by atoms with Crippen LogP contribution in [-0.4, -0.2) is 39.5 Å². The molecule has 0 atom stereocenters. The van der Waals surface area contributed by atoms with Crippen molar-refractivity contribution in [3.63, 3.8) is 0 Å². The van der Waals surface area contributed by atoms with Crippen molar-refractivity contribution in [3.8, 4) is 5.69 Å². The van der Waals surface area contributed by atoms with Gasteiger partial charge in [-0.15, -0.1) is 5.10 Å². The first kappa shape index (κ1) is 12.9. The highest BCUT2D eigenvalue weighted by atomic mass is 16.5. The number of aromatic carboxylic acids is 1. The van der Waals surface area contributed by atoms with Crippen molar-refractivity contribution in [2.24, 2.45) is 0 Å². The number of hydrogen-bond acceptors (Lipinski definition) is 5. The van der Waals surface area contributed by atoms with Gasteiger partial charge in [-0.05, 0) is 24.3 Å². The lowest BCUT2D eigenvalue weighted by molar-refractivity contribution is 0.0696. The van der Waals surface area contributed by atoms with E-state index in [1.165, 1.54) is 23.9 Å². The number of rotatable bonds is 5. The minimum absolute atomic E-state index is 0.174. The van der Waals surface area contributed by atoms with E-state index in [2.05, 4.69) is 10.3 Å². The smallest absolute Gasteiger partial charge is 0.335 e. The number of carboxylic acid groups (broad SMARTS) is 1. The number of carbonyl (C=O) groups excluding carboxylic acids is 1. The molecule has 7 nitrogen and oxygen atoms in total. The molecular formula is C12H11N3O4. The molecule has 0 amide bonds. The first-order valence-corrected chi connectivity index (χ1v) is 5.39. The summed E-state index contributed by atoms with van der Waals surface area (Å²) in [7, 11) is 1.50. The summed E-state index contributed by atoms with van der Waals surface area (Å²) in [5.74, 6) is -1.00. The SMILES string of the molecule is COCc1c(C=O)nnn1-c1ccc(C(=O)O)cc1. The standard InChI is InChI=1S/C12H11N3O4/c1-19-7-11-10(6-16)13-14-15(11)9-4-2-8(3-5-9)12(17)18/h2-6H,7H2,1H3,(H,17,18). The minimum Gasteiger partial charge on any atom is -0.478 e. The van der Waals surface area contributed by atoms with Crippen molar-refractivity contribution in [2.75, 3.05) is 7.11 Å². The first-order valence-electron chi connectivity index (χ1n) is 5.39. The van der Waals surface area contributed by atoms with Crippen LogP contribution in [0.1, 0.15) is 26.5 Å². The lowest BCUT2D eigenvalue weighted by atomic mass is 10.2. The highest BCUT2D eigenvalue weighted by Crippen LogP contribution is 2.14. The molecule has 0 aliphatic heterocycles. The van der Waals surface area contributed by atoms with Crippen LogP contribution in [0.2, 0.25) is 0 Å². The van der Waals surface area contributed by atoms with Crippen LogP contribution in [0.4, 0.5) is 0 Å². The summed E-state index contributed by atoms with van der Waals surface area (Å²) in [6.45, 7) is 0.182. The molecule has 1 aromatic carbocycles. The molecule has 1 N–H and O–H groups in total. The third-order valence-electron chi connectivity index (χ3n) is 2.54. The number of carbonyl (C=O) groups is 2. The molecular weight excluding hydrogens is 250 g/mol. The second-order valence-electron chi connectivity index (χ2n) is 3.74. The van der Waals surface area contributed by atoms with Gasteiger partial charge < -0.3 is 9.84 Å². The summed E-state index contributed by atoms with van der Waals surface area (Å²) in [5.41, 5.74) is 1.50. The summed E-state index contributed by atoms with van der Waals surface area (Å²) >= 11 is 0. The molecule has 0 aliphatic rings. The van der Waals surface area contributed by atoms with Crippen LogP contribution in [0.15, 0.2) is 24.3 Å². The van der Waals surface area contributed by atoms with Gasteiger partial charge in [-0.3, -0.25) is 4.79 Å². The Balaban J connectivity index is 2.43.